The van der Waals surface area contributed by atoms with Crippen LogP contribution in [0.15, 0.2) is 42.7 Å². The predicted octanol–water partition coefficient (Wildman–Crippen LogP) is 2.29. The van der Waals surface area contributed by atoms with Crippen molar-refractivity contribution in [3.8, 4) is 5.69 Å². The lowest BCUT2D eigenvalue weighted by atomic mass is 9.85. The first-order valence-corrected chi connectivity index (χ1v) is 6.69. The van der Waals surface area contributed by atoms with Gasteiger partial charge in [-0.2, -0.15) is 5.10 Å². The quantitative estimate of drug-likeness (QED) is 0.911. The summed E-state index contributed by atoms with van der Waals surface area (Å²) in [4.78, 5) is 11.8. The van der Waals surface area contributed by atoms with Gasteiger partial charge in [-0.05, 0) is 36.6 Å². The van der Waals surface area contributed by atoms with Gasteiger partial charge in [-0.15, -0.1) is 0 Å². The summed E-state index contributed by atoms with van der Waals surface area (Å²) in [5.41, 5.74) is 2.11. The van der Waals surface area contributed by atoms with Crippen LogP contribution in [-0.2, 0) is 11.3 Å². The molecule has 4 heteroatoms. The van der Waals surface area contributed by atoms with Gasteiger partial charge in [0.2, 0.25) is 5.91 Å². The number of nitrogens with zero attached hydrogens (tertiary/aromatic N) is 2. The molecule has 0 aliphatic heterocycles. The molecule has 1 fully saturated rings. The second kappa shape index (κ2) is 5.26. The van der Waals surface area contributed by atoms with Gasteiger partial charge < -0.3 is 5.32 Å². The van der Waals surface area contributed by atoms with Crippen molar-refractivity contribution in [3.05, 3.63) is 48.3 Å². The summed E-state index contributed by atoms with van der Waals surface area (Å²) in [5, 5.41) is 7.21. The van der Waals surface area contributed by atoms with E-state index in [9.17, 15) is 4.79 Å². The molecule has 4 nitrogen and oxygen atoms in total. The van der Waals surface area contributed by atoms with E-state index >= 15 is 0 Å². The average molecular weight is 255 g/mol. The molecule has 1 aliphatic rings. The Bertz CT molecular complexity index is 559. The van der Waals surface area contributed by atoms with E-state index in [-0.39, 0.29) is 11.8 Å². The summed E-state index contributed by atoms with van der Waals surface area (Å²) in [6.07, 6.45) is 6.93. The van der Waals surface area contributed by atoms with Crippen molar-refractivity contribution in [1.29, 1.82) is 0 Å². The van der Waals surface area contributed by atoms with E-state index < -0.39 is 0 Å². The lowest BCUT2D eigenvalue weighted by Gasteiger charge is -2.24. The molecular weight excluding hydrogens is 238 g/mol. The number of hydrogen-bond acceptors (Lipinski definition) is 2. The zero-order chi connectivity index (χ0) is 13.1. The molecule has 1 saturated carbocycles. The maximum Gasteiger partial charge on any atom is 0.223 e. The molecule has 1 aliphatic carbocycles. The minimum absolute atomic E-state index is 0.191. The number of carbonyl (C=O) groups is 1. The number of aromatic nitrogens is 2. The Morgan fingerprint density at radius 3 is 2.95 bits per heavy atom. The molecule has 2 aromatic rings. The van der Waals surface area contributed by atoms with Crippen LogP contribution in [0.1, 0.15) is 24.8 Å². The molecule has 3 rings (SSSR count). The summed E-state index contributed by atoms with van der Waals surface area (Å²) in [5.74, 6) is 0.435. The zero-order valence-corrected chi connectivity index (χ0v) is 10.7. The molecule has 1 aromatic carbocycles. The van der Waals surface area contributed by atoms with E-state index in [1.54, 1.807) is 6.20 Å². The van der Waals surface area contributed by atoms with E-state index in [4.69, 9.17) is 0 Å². The highest BCUT2D eigenvalue weighted by molar-refractivity contribution is 5.79. The average Bonchev–Trinajstić information content (AvgIpc) is 2.88. The summed E-state index contributed by atoms with van der Waals surface area (Å²) in [6.45, 7) is 0.588. The second-order valence-corrected chi connectivity index (χ2v) is 4.97. The molecule has 0 saturated heterocycles. The van der Waals surface area contributed by atoms with E-state index in [2.05, 4.69) is 10.4 Å². The highest BCUT2D eigenvalue weighted by Gasteiger charge is 2.24. The summed E-state index contributed by atoms with van der Waals surface area (Å²) < 4.78 is 1.82. The normalized spacial score (nSPS) is 14.9. The van der Waals surface area contributed by atoms with Crippen molar-refractivity contribution in [1.82, 2.24) is 15.1 Å². The highest BCUT2D eigenvalue weighted by Crippen LogP contribution is 2.26. The third-order valence-corrected chi connectivity index (χ3v) is 3.62. The van der Waals surface area contributed by atoms with Crippen LogP contribution in [0.2, 0.25) is 0 Å². The van der Waals surface area contributed by atoms with Crippen LogP contribution in [-0.4, -0.2) is 15.7 Å². The third-order valence-electron chi connectivity index (χ3n) is 3.62. The fraction of sp³-hybridized carbons (Fsp3) is 0.333. The molecule has 0 atom stereocenters. The number of rotatable bonds is 4. The van der Waals surface area contributed by atoms with Gasteiger partial charge in [-0.3, -0.25) is 4.79 Å². The smallest absolute Gasteiger partial charge is 0.223 e. The maximum absolute atomic E-state index is 11.8. The lowest BCUT2D eigenvalue weighted by molar-refractivity contribution is -0.127. The van der Waals surface area contributed by atoms with Crippen molar-refractivity contribution in [2.45, 2.75) is 25.8 Å². The van der Waals surface area contributed by atoms with E-state index in [1.165, 1.54) is 6.42 Å². The molecule has 19 heavy (non-hydrogen) atoms. The van der Waals surface area contributed by atoms with Gasteiger partial charge in [-0.25, -0.2) is 4.68 Å². The summed E-state index contributed by atoms with van der Waals surface area (Å²) in [6, 6.07) is 9.96. The van der Waals surface area contributed by atoms with Crippen LogP contribution >= 0.6 is 0 Å². The molecule has 98 valence electrons. The van der Waals surface area contributed by atoms with E-state index in [0.717, 1.165) is 24.1 Å². The van der Waals surface area contributed by atoms with Crippen molar-refractivity contribution >= 4 is 5.91 Å². The SMILES string of the molecule is O=C(NCc1cccc(-n2cccn2)c1)C1CCC1. The van der Waals surface area contributed by atoms with Crippen molar-refractivity contribution in [2.75, 3.05) is 0 Å². The lowest BCUT2D eigenvalue weighted by Crippen LogP contribution is -2.33. The van der Waals surface area contributed by atoms with Gasteiger partial charge in [0.25, 0.3) is 0 Å². The Balaban J connectivity index is 1.64. The number of benzene rings is 1. The molecule has 0 bridgehead atoms. The first-order chi connectivity index (χ1) is 9.33. The standard InChI is InChI=1S/C15H17N3O/c19-15(13-5-2-6-13)16-11-12-4-1-7-14(10-12)18-9-3-8-17-18/h1,3-4,7-10,13H,2,5-6,11H2,(H,16,19). The van der Waals surface area contributed by atoms with Gasteiger partial charge in [0, 0.05) is 24.9 Å². The van der Waals surface area contributed by atoms with E-state index in [1.807, 2.05) is 41.2 Å². The Morgan fingerprint density at radius 1 is 1.37 bits per heavy atom. The Morgan fingerprint density at radius 2 is 2.26 bits per heavy atom. The minimum atomic E-state index is 0.191. The Hall–Kier alpha value is -2.10. The molecular formula is C15H17N3O. The molecule has 1 amide bonds. The van der Waals surface area contributed by atoms with Gasteiger partial charge in [0.15, 0.2) is 0 Å². The first-order valence-electron chi connectivity index (χ1n) is 6.69. The third kappa shape index (κ3) is 2.67. The maximum atomic E-state index is 11.8. The topological polar surface area (TPSA) is 46.9 Å². The number of hydrogen-bond donors (Lipinski definition) is 1. The fourth-order valence-corrected chi connectivity index (χ4v) is 2.23. The monoisotopic (exact) mass is 255 g/mol. The van der Waals surface area contributed by atoms with Crippen LogP contribution in [0, 0.1) is 5.92 Å². The molecule has 0 spiro atoms. The van der Waals surface area contributed by atoms with E-state index in [0.29, 0.717) is 6.54 Å². The summed E-state index contributed by atoms with van der Waals surface area (Å²) >= 11 is 0. The predicted molar refractivity (Wildman–Crippen MR) is 72.8 cm³/mol. The van der Waals surface area contributed by atoms with Gasteiger partial charge in [0.05, 0.1) is 5.69 Å². The zero-order valence-electron chi connectivity index (χ0n) is 10.7. The molecule has 1 aromatic heterocycles. The van der Waals surface area contributed by atoms with Gasteiger partial charge >= 0.3 is 0 Å². The Labute approximate surface area is 112 Å². The van der Waals surface area contributed by atoms with Crippen LogP contribution in [0.4, 0.5) is 0 Å². The van der Waals surface area contributed by atoms with Crippen LogP contribution < -0.4 is 5.32 Å². The van der Waals surface area contributed by atoms with Gasteiger partial charge in [-0.1, -0.05) is 18.6 Å². The second-order valence-electron chi connectivity index (χ2n) is 4.97. The minimum Gasteiger partial charge on any atom is -0.352 e. The molecule has 1 N–H and O–H groups in total. The molecule has 0 unspecified atom stereocenters. The largest absolute Gasteiger partial charge is 0.352 e. The van der Waals surface area contributed by atoms with Crippen LogP contribution in [0.5, 0.6) is 0 Å². The number of nitrogens with one attached hydrogen (secondary N) is 1. The summed E-state index contributed by atoms with van der Waals surface area (Å²) in [7, 11) is 0. The van der Waals surface area contributed by atoms with Crippen molar-refractivity contribution in [2.24, 2.45) is 5.92 Å². The van der Waals surface area contributed by atoms with Crippen LogP contribution in [0.3, 0.4) is 0 Å². The Kier molecular flexibility index (Phi) is 3.31. The number of carbonyl (C=O) groups excluding carboxylic acids is 1. The van der Waals surface area contributed by atoms with Crippen molar-refractivity contribution in [3.63, 3.8) is 0 Å². The molecule has 0 radical (unpaired) electrons. The fourth-order valence-electron chi connectivity index (χ4n) is 2.23. The van der Waals surface area contributed by atoms with Crippen molar-refractivity contribution < 1.29 is 4.79 Å². The first kappa shape index (κ1) is 12.0. The van der Waals surface area contributed by atoms with Gasteiger partial charge in [0.1, 0.15) is 0 Å². The number of amides is 1. The molecule has 1 heterocycles. The van der Waals surface area contributed by atoms with Crippen LogP contribution in [0.25, 0.3) is 5.69 Å². The highest BCUT2D eigenvalue weighted by atomic mass is 16.1.